The molecule has 0 unspecified atom stereocenters. The van der Waals surface area contributed by atoms with Crippen LogP contribution < -0.4 is 10.6 Å². The third kappa shape index (κ3) is 9.56. The summed E-state index contributed by atoms with van der Waals surface area (Å²) < 4.78 is 13.1. The third-order valence-corrected chi connectivity index (χ3v) is 8.71. The Labute approximate surface area is 283 Å². The molecule has 1 aromatic carbocycles. The number of nitrogens with one attached hydrogen (secondary N) is 2. The van der Waals surface area contributed by atoms with Crippen LogP contribution in [0.2, 0.25) is 0 Å². The Kier molecular flexibility index (Phi) is 11.6. The number of aromatic nitrogens is 2. The summed E-state index contributed by atoms with van der Waals surface area (Å²) in [5.74, 6) is -1.27. The van der Waals surface area contributed by atoms with Crippen LogP contribution in [0.25, 0.3) is 11.3 Å². The molecular weight excluding hydrogens is 616 g/mol. The number of rotatable bonds is 9. The van der Waals surface area contributed by atoms with Crippen molar-refractivity contribution in [1.82, 2.24) is 30.2 Å². The molecule has 0 saturated carbocycles. The molecule has 48 heavy (non-hydrogen) atoms. The summed E-state index contributed by atoms with van der Waals surface area (Å²) in [6, 6.07) is 7.55. The number of piperidine rings is 1. The molecule has 0 bridgehead atoms. The predicted octanol–water partition coefficient (Wildman–Crippen LogP) is 3.17. The largest absolute Gasteiger partial charge is 0.444 e. The second-order valence-corrected chi connectivity index (χ2v) is 14.9. The zero-order valence-corrected chi connectivity index (χ0v) is 29.5. The molecule has 2 fully saturated rings. The molecule has 0 aliphatic carbocycles. The van der Waals surface area contributed by atoms with Gasteiger partial charge < -0.3 is 35.0 Å². The van der Waals surface area contributed by atoms with E-state index in [1.165, 1.54) is 4.90 Å². The number of hydrogen-bond acceptors (Lipinski definition) is 8. The van der Waals surface area contributed by atoms with Crippen molar-refractivity contribution in [1.29, 1.82) is 0 Å². The van der Waals surface area contributed by atoms with Gasteiger partial charge in [-0.25, -0.2) is 4.79 Å². The first-order valence-corrected chi connectivity index (χ1v) is 16.7. The third-order valence-electron chi connectivity index (χ3n) is 8.71. The molecule has 2 saturated heterocycles. The highest BCUT2D eigenvalue weighted by molar-refractivity contribution is 5.93. The summed E-state index contributed by atoms with van der Waals surface area (Å²) >= 11 is 0. The molecule has 1 aromatic heterocycles. The molecule has 2 aromatic rings. The highest BCUT2D eigenvalue weighted by Crippen LogP contribution is 2.28. The van der Waals surface area contributed by atoms with Crippen LogP contribution in [-0.2, 0) is 30.9 Å². The molecule has 2 aliphatic heterocycles. The van der Waals surface area contributed by atoms with E-state index in [0.29, 0.717) is 25.9 Å². The van der Waals surface area contributed by atoms with Crippen molar-refractivity contribution in [3.05, 3.63) is 42.1 Å². The Balaban J connectivity index is 1.33. The van der Waals surface area contributed by atoms with E-state index in [2.05, 4.69) is 15.7 Å². The topological polar surface area (TPSA) is 155 Å². The van der Waals surface area contributed by atoms with E-state index in [1.807, 2.05) is 85.8 Å². The first kappa shape index (κ1) is 36.9. The highest BCUT2D eigenvalue weighted by atomic mass is 16.6. The van der Waals surface area contributed by atoms with E-state index in [-0.39, 0.29) is 43.7 Å². The Morgan fingerprint density at radius 2 is 1.65 bits per heavy atom. The van der Waals surface area contributed by atoms with Crippen LogP contribution in [0.5, 0.6) is 0 Å². The Morgan fingerprint density at radius 1 is 1.00 bits per heavy atom. The second kappa shape index (κ2) is 15.1. The smallest absolute Gasteiger partial charge is 0.410 e. The SMILES string of the molecule is C[C@H](NC(=O)[C@@H]1C[C@@H](O)CN1C(=O)[C@@H](NC(=O)COC1CCN(C(=O)OC(C)(C)C)CC1)C(C)(C)C)c1ccc(-c2ccnn2C)cc1. The number of aryl methyl sites for hydroxylation is 1. The average Bonchev–Trinajstić information content (AvgIpc) is 3.62. The number of hydrogen-bond donors (Lipinski definition) is 3. The minimum absolute atomic E-state index is 0.0140. The van der Waals surface area contributed by atoms with Gasteiger partial charge in [0, 0.05) is 39.3 Å². The fourth-order valence-corrected chi connectivity index (χ4v) is 6.04. The van der Waals surface area contributed by atoms with Crippen LogP contribution in [0.3, 0.4) is 0 Å². The number of amides is 4. The number of ether oxygens (including phenoxy) is 2. The fourth-order valence-electron chi connectivity index (χ4n) is 6.04. The minimum atomic E-state index is -0.958. The summed E-state index contributed by atoms with van der Waals surface area (Å²) in [5.41, 5.74) is 1.59. The number of β-amino-alcohol motifs (C(OH)–C–C–N with tert-alkyl or cyclic N) is 1. The van der Waals surface area contributed by atoms with Gasteiger partial charge in [0.15, 0.2) is 0 Å². The van der Waals surface area contributed by atoms with E-state index in [1.54, 1.807) is 15.8 Å². The van der Waals surface area contributed by atoms with E-state index < -0.39 is 41.0 Å². The van der Waals surface area contributed by atoms with Crippen molar-refractivity contribution in [3.63, 3.8) is 0 Å². The number of aliphatic hydroxyl groups excluding tert-OH is 1. The maximum atomic E-state index is 13.9. The van der Waals surface area contributed by atoms with Crippen molar-refractivity contribution >= 4 is 23.8 Å². The Morgan fingerprint density at radius 3 is 2.21 bits per heavy atom. The normalized spacial score (nSPS) is 20.3. The van der Waals surface area contributed by atoms with Gasteiger partial charge in [0.1, 0.15) is 24.3 Å². The van der Waals surface area contributed by atoms with Gasteiger partial charge in [-0.05, 0) is 63.1 Å². The molecular formula is C35H52N6O7. The summed E-state index contributed by atoms with van der Waals surface area (Å²) in [6.07, 6.45) is 1.50. The van der Waals surface area contributed by atoms with E-state index in [9.17, 15) is 24.3 Å². The first-order chi connectivity index (χ1) is 22.4. The first-order valence-electron chi connectivity index (χ1n) is 16.7. The van der Waals surface area contributed by atoms with Gasteiger partial charge in [0.05, 0.1) is 23.9 Å². The molecule has 0 radical (unpaired) electrons. The van der Waals surface area contributed by atoms with Crippen molar-refractivity contribution in [2.75, 3.05) is 26.2 Å². The molecule has 3 heterocycles. The number of likely N-dealkylation sites (tertiary alicyclic amines) is 2. The zero-order chi connectivity index (χ0) is 35.4. The lowest BCUT2D eigenvalue weighted by Gasteiger charge is -2.36. The standard InChI is InChI=1S/C35H52N6O7/c1-22(23-9-11-24(12-10-23)27-13-16-36-39(27)8)37-31(44)28-19-25(42)20-41(28)32(45)30(34(2,3)4)38-29(43)21-47-26-14-17-40(18-15-26)33(46)48-35(5,6)7/h9-13,16,22,25-26,28,30,42H,14-15,17-21H2,1-8H3,(H,37,44)(H,38,43)/t22-,25+,28-,30+/m0/s1. The zero-order valence-electron chi connectivity index (χ0n) is 29.5. The predicted molar refractivity (Wildman–Crippen MR) is 179 cm³/mol. The number of carbonyl (C=O) groups excluding carboxylic acids is 4. The van der Waals surface area contributed by atoms with Crippen LogP contribution >= 0.6 is 0 Å². The van der Waals surface area contributed by atoms with Crippen molar-refractivity contribution in [2.24, 2.45) is 12.5 Å². The maximum Gasteiger partial charge on any atom is 0.410 e. The lowest BCUT2D eigenvalue weighted by molar-refractivity contribution is -0.145. The Hall–Kier alpha value is -3.97. The van der Waals surface area contributed by atoms with Crippen LogP contribution in [0.15, 0.2) is 36.5 Å². The molecule has 13 heteroatoms. The second-order valence-electron chi connectivity index (χ2n) is 14.9. The maximum absolute atomic E-state index is 13.9. The van der Waals surface area contributed by atoms with Gasteiger partial charge in [-0.3, -0.25) is 19.1 Å². The number of aliphatic hydroxyl groups is 1. The highest BCUT2D eigenvalue weighted by Gasteiger charge is 2.44. The van der Waals surface area contributed by atoms with Crippen molar-refractivity contribution in [2.45, 2.75) is 104 Å². The van der Waals surface area contributed by atoms with E-state index in [4.69, 9.17) is 9.47 Å². The summed E-state index contributed by atoms with van der Waals surface area (Å²) in [4.78, 5) is 55.9. The molecule has 264 valence electrons. The number of nitrogens with zero attached hydrogens (tertiary/aromatic N) is 4. The number of benzene rings is 1. The van der Waals surface area contributed by atoms with Crippen molar-refractivity contribution in [3.8, 4) is 11.3 Å². The summed E-state index contributed by atoms with van der Waals surface area (Å²) in [6.45, 7) is 13.5. The molecule has 4 atom stereocenters. The van der Waals surface area contributed by atoms with E-state index in [0.717, 1.165) is 16.8 Å². The van der Waals surface area contributed by atoms with Crippen molar-refractivity contribution < 1.29 is 33.8 Å². The van der Waals surface area contributed by atoms with Crippen LogP contribution in [0.4, 0.5) is 4.79 Å². The molecule has 4 amide bonds. The molecule has 13 nitrogen and oxygen atoms in total. The van der Waals surface area contributed by atoms with Gasteiger partial charge in [0.25, 0.3) is 0 Å². The molecule has 4 rings (SSSR count). The Bertz CT molecular complexity index is 1440. The number of carbonyl (C=O) groups is 4. The fraction of sp³-hybridized carbons (Fsp3) is 0.629. The molecule has 3 N–H and O–H groups in total. The van der Waals surface area contributed by atoms with Gasteiger partial charge in [-0.2, -0.15) is 5.10 Å². The lowest BCUT2D eigenvalue weighted by atomic mass is 9.85. The van der Waals surface area contributed by atoms with Crippen LogP contribution in [-0.4, -0.2) is 105 Å². The molecule has 0 spiro atoms. The monoisotopic (exact) mass is 668 g/mol. The van der Waals surface area contributed by atoms with Gasteiger partial charge in [-0.15, -0.1) is 0 Å². The van der Waals surface area contributed by atoms with Crippen LogP contribution in [0.1, 0.15) is 79.3 Å². The lowest BCUT2D eigenvalue weighted by Crippen LogP contribution is -2.58. The van der Waals surface area contributed by atoms with E-state index >= 15 is 0 Å². The van der Waals surface area contributed by atoms with Gasteiger partial charge >= 0.3 is 6.09 Å². The molecule has 2 aliphatic rings. The average molecular weight is 669 g/mol. The van der Waals surface area contributed by atoms with Gasteiger partial charge in [-0.1, -0.05) is 45.0 Å². The summed E-state index contributed by atoms with van der Waals surface area (Å²) in [5, 5.41) is 20.6. The van der Waals surface area contributed by atoms with Crippen LogP contribution in [0, 0.1) is 5.41 Å². The summed E-state index contributed by atoms with van der Waals surface area (Å²) in [7, 11) is 1.87. The quantitative estimate of drug-likeness (QED) is 0.368. The van der Waals surface area contributed by atoms with Gasteiger partial charge in [0.2, 0.25) is 17.7 Å². The minimum Gasteiger partial charge on any atom is -0.444 e.